The van der Waals surface area contributed by atoms with E-state index >= 15 is 0 Å². The SMILES string of the molecule is Cc1ccc2c(n1)oc1c(-c3cc(CC(C)C)[c]([Ge]([CH3])([CH3])[CH3])cn3)[c-]ccc12.[Ir].[c-]1ccc2c(oc3cc4ccccc4cc32)c1-c1nc2ccccc2n1-c1ccccc1. The van der Waals surface area contributed by atoms with Gasteiger partial charge in [-0.15, -0.1) is 18.2 Å². The van der Waals surface area contributed by atoms with Crippen molar-refractivity contribution in [2.45, 2.75) is 44.5 Å². The van der Waals surface area contributed by atoms with E-state index in [1.54, 1.807) is 0 Å². The smallest absolute Gasteiger partial charge is 0.121 e. The molecule has 0 fully saturated rings. The molecule has 5 heterocycles. The largest absolute Gasteiger partial charge is 0.501 e. The predicted octanol–water partition coefficient (Wildman–Crippen LogP) is 13.4. The van der Waals surface area contributed by atoms with Gasteiger partial charge in [0, 0.05) is 31.2 Å². The zero-order valence-corrected chi connectivity index (χ0v) is 39.5. The van der Waals surface area contributed by atoms with E-state index in [0.29, 0.717) is 11.6 Å². The second kappa shape index (κ2) is 16.2. The fraction of sp³-hybridized carbons (Fsp3) is 0.151. The van der Waals surface area contributed by atoms with Gasteiger partial charge in [0.25, 0.3) is 0 Å². The molecule has 0 amide bonds. The summed E-state index contributed by atoms with van der Waals surface area (Å²) in [6.07, 6.45) is 3.19. The molecule has 0 unspecified atom stereocenters. The minimum Gasteiger partial charge on any atom is -0.501 e. The van der Waals surface area contributed by atoms with Crippen LogP contribution in [-0.4, -0.2) is 32.8 Å². The third-order valence-electron chi connectivity index (χ3n) is 11.2. The van der Waals surface area contributed by atoms with Gasteiger partial charge >= 0.3 is 170 Å². The number of para-hydroxylation sites is 3. The molecule has 6 aromatic carbocycles. The molecule has 0 aliphatic heterocycles. The maximum atomic E-state index is 6.45. The Morgan fingerprint density at radius 2 is 1.34 bits per heavy atom. The topological polar surface area (TPSA) is 69.9 Å². The average Bonchev–Trinajstić information content (AvgIpc) is 3.93. The van der Waals surface area contributed by atoms with Gasteiger partial charge in [0.05, 0.1) is 22.4 Å². The van der Waals surface area contributed by atoms with E-state index in [-0.39, 0.29) is 20.1 Å². The Bertz CT molecular complexity index is 3400. The minimum absolute atomic E-state index is 0. The number of aromatic nitrogens is 4. The van der Waals surface area contributed by atoms with Crippen LogP contribution in [-0.2, 0) is 26.5 Å². The third-order valence-corrected chi connectivity index (χ3v) is 15.6. The van der Waals surface area contributed by atoms with Gasteiger partial charge in [0.2, 0.25) is 0 Å². The van der Waals surface area contributed by atoms with Crippen molar-refractivity contribution in [3.8, 4) is 28.3 Å². The molecule has 1 radical (unpaired) electrons. The van der Waals surface area contributed by atoms with Gasteiger partial charge in [-0.2, -0.15) is 0 Å². The summed E-state index contributed by atoms with van der Waals surface area (Å²) in [6, 6.07) is 52.5. The number of nitrogens with zero attached hydrogens (tertiary/aromatic N) is 4. The molecule has 0 atom stereocenters. The summed E-state index contributed by atoms with van der Waals surface area (Å²) in [5.74, 6) is 8.73. The van der Waals surface area contributed by atoms with Gasteiger partial charge in [0.1, 0.15) is 5.58 Å². The number of hydrogen-bond acceptors (Lipinski definition) is 5. The summed E-state index contributed by atoms with van der Waals surface area (Å²) in [7, 11) is 0. The minimum atomic E-state index is -1.99. The van der Waals surface area contributed by atoms with E-state index in [9.17, 15) is 0 Å². The maximum Gasteiger partial charge on any atom is 0.121 e. The van der Waals surface area contributed by atoms with Crippen molar-refractivity contribution in [1.29, 1.82) is 0 Å². The van der Waals surface area contributed by atoms with Crippen molar-refractivity contribution in [1.82, 2.24) is 19.5 Å². The molecule has 8 heteroatoms. The van der Waals surface area contributed by atoms with Crippen LogP contribution >= 0.6 is 0 Å². The van der Waals surface area contributed by atoms with Crippen molar-refractivity contribution < 1.29 is 28.9 Å². The average molecular weight is 1030 g/mol. The Hall–Kier alpha value is -5.86. The number of rotatable bonds is 6. The standard InChI is InChI=1S/C29H17N2O.C24H27GeN2O.Ir/c1-2-11-21(12-3-1)31-26-16-7-6-15-25(26)30-29(31)23-14-8-13-22-24-17-19-9-4-5-10-20(19)18-27(24)32-28(22)23;1-15(2)12-17-13-22(26-14-21(17)25(4,5)6)20-9-7-8-18-19-11-10-16(3)27-24(19)28-23(18)20;/h1-13,15-18H;7-8,10-11,13-15H,12H2,1-6H3;/q2*-1;. The number of pyridine rings is 2. The van der Waals surface area contributed by atoms with Crippen molar-refractivity contribution in [2.75, 3.05) is 0 Å². The van der Waals surface area contributed by atoms with Crippen LogP contribution in [0.5, 0.6) is 0 Å². The van der Waals surface area contributed by atoms with Crippen LogP contribution in [0.2, 0.25) is 17.3 Å². The molecule has 0 saturated heterocycles. The molecule has 11 rings (SSSR count). The summed E-state index contributed by atoms with van der Waals surface area (Å²) in [6.45, 7) is 6.54. The monoisotopic (exact) mass is 1040 g/mol. The molecule has 6 nitrogen and oxygen atoms in total. The second-order valence-corrected chi connectivity index (χ2v) is 27.6. The quantitative estimate of drug-likeness (QED) is 0.123. The molecule has 0 aliphatic carbocycles. The summed E-state index contributed by atoms with van der Waals surface area (Å²) >= 11 is -1.99. The fourth-order valence-electron chi connectivity index (χ4n) is 8.45. The van der Waals surface area contributed by atoms with Gasteiger partial charge < -0.3 is 8.98 Å². The molecule has 0 bridgehead atoms. The molecule has 61 heavy (non-hydrogen) atoms. The van der Waals surface area contributed by atoms with Gasteiger partial charge in [-0.05, 0) is 47.2 Å². The number of benzene rings is 6. The van der Waals surface area contributed by atoms with E-state index in [4.69, 9.17) is 18.8 Å². The van der Waals surface area contributed by atoms with E-state index < -0.39 is 13.3 Å². The first-order chi connectivity index (χ1) is 29.1. The third kappa shape index (κ3) is 7.50. The molecule has 11 aromatic rings. The Morgan fingerprint density at radius 1 is 0.672 bits per heavy atom. The van der Waals surface area contributed by atoms with Crippen LogP contribution < -0.4 is 4.40 Å². The van der Waals surface area contributed by atoms with Gasteiger partial charge in [-0.3, -0.25) is 4.98 Å². The number of aryl methyl sites for hydroxylation is 1. The van der Waals surface area contributed by atoms with Crippen molar-refractivity contribution in [3.05, 3.63) is 163 Å². The maximum absolute atomic E-state index is 6.45. The number of imidazole rings is 1. The van der Waals surface area contributed by atoms with Crippen LogP contribution in [0.4, 0.5) is 0 Å². The molecule has 303 valence electrons. The van der Waals surface area contributed by atoms with Crippen LogP contribution in [0.3, 0.4) is 0 Å². The van der Waals surface area contributed by atoms with Crippen LogP contribution in [0, 0.1) is 25.0 Å². The Balaban J connectivity index is 0.000000155. The van der Waals surface area contributed by atoms with Gasteiger partial charge in [-0.1, -0.05) is 65.5 Å². The van der Waals surface area contributed by atoms with Gasteiger partial charge in [-0.25, -0.2) is 0 Å². The van der Waals surface area contributed by atoms with Crippen LogP contribution in [0.25, 0.3) is 94.1 Å². The zero-order chi connectivity index (χ0) is 41.1. The molecule has 5 aromatic heterocycles. The zero-order valence-electron chi connectivity index (χ0n) is 35.0. The van der Waals surface area contributed by atoms with Crippen molar-refractivity contribution >= 4 is 83.5 Å². The number of fused-ring (bicyclic) bond motifs is 8. The van der Waals surface area contributed by atoms with Crippen LogP contribution in [0.15, 0.2) is 148 Å². The summed E-state index contributed by atoms with van der Waals surface area (Å²) in [5, 5.41) is 6.66. The molecule has 0 spiro atoms. The fourth-order valence-corrected chi connectivity index (χ4v) is 11.8. The Morgan fingerprint density at radius 3 is 2.10 bits per heavy atom. The molecule has 0 saturated carbocycles. The van der Waals surface area contributed by atoms with Gasteiger partial charge in [0.15, 0.2) is 0 Å². The molecular weight excluding hydrogens is 989 g/mol. The van der Waals surface area contributed by atoms with E-state index in [2.05, 4.69) is 138 Å². The number of hydrogen-bond donors (Lipinski definition) is 0. The second-order valence-electron chi connectivity index (χ2n) is 17.1. The summed E-state index contributed by atoms with van der Waals surface area (Å²) in [5.41, 5.74) is 11.4. The normalized spacial score (nSPS) is 11.9. The van der Waals surface area contributed by atoms with E-state index in [1.807, 2.05) is 61.5 Å². The van der Waals surface area contributed by atoms with E-state index in [1.165, 1.54) is 20.7 Å². The first-order valence-corrected chi connectivity index (χ1v) is 27.9. The number of furan rings is 2. The Kier molecular flexibility index (Phi) is 10.8. The Labute approximate surface area is 371 Å². The molecular formula is C53H44GeIrN4O2-2. The van der Waals surface area contributed by atoms with Crippen molar-refractivity contribution in [3.63, 3.8) is 0 Å². The molecule has 0 aliphatic rings. The van der Waals surface area contributed by atoms with Crippen molar-refractivity contribution in [2.24, 2.45) is 5.92 Å². The molecule has 0 N–H and O–H groups in total. The first kappa shape index (κ1) is 40.5. The predicted molar refractivity (Wildman–Crippen MR) is 250 cm³/mol. The summed E-state index contributed by atoms with van der Waals surface area (Å²) in [4.78, 5) is 14.4. The first-order valence-electron chi connectivity index (χ1n) is 20.6. The summed E-state index contributed by atoms with van der Waals surface area (Å²) < 4.78 is 16.3. The van der Waals surface area contributed by atoms with E-state index in [0.717, 1.165) is 89.8 Å². The van der Waals surface area contributed by atoms with Crippen LogP contribution in [0.1, 0.15) is 25.1 Å².